The molecule has 0 aliphatic carbocycles. The smallest absolute Gasteiger partial charge is 0.353 e. The third-order valence-corrected chi connectivity index (χ3v) is 4.96. The number of hydrogen-bond acceptors (Lipinski definition) is 2. The van der Waals surface area contributed by atoms with Gasteiger partial charge in [-0.15, -0.1) is 0 Å². The fourth-order valence-electron chi connectivity index (χ4n) is 3.60. The van der Waals surface area contributed by atoms with Crippen LogP contribution in [0, 0.1) is 17.5 Å². The number of aromatic nitrogens is 1. The maximum atomic E-state index is 14.6. The van der Waals surface area contributed by atoms with Crippen molar-refractivity contribution in [2.75, 3.05) is 7.11 Å². The molecule has 0 aliphatic heterocycles. The Labute approximate surface area is 169 Å². The van der Waals surface area contributed by atoms with E-state index in [-0.39, 0.29) is 28.9 Å². The summed E-state index contributed by atoms with van der Waals surface area (Å²) < 4.78 is 48.9. The minimum atomic E-state index is -1.30. The fourth-order valence-corrected chi connectivity index (χ4v) is 3.60. The average Bonchev–Trinajstić information content (AvgIpc) is 3.04. The Morgan fingerprint density at radius 1 is 1.00 bits per heavy atom. The molecule has 0 aliphatic rings. The Morgan fingerprint density at radius 3 is 2.43 bits per heavy atom. The van der Waals surface area contributed by atoms with Gasteiger partial charge >= 0.3 is 5.97 Å². The van der Waals surface area contributed by atoms with Crippen molar-refractivity contribution in [3.63, 3.8) is 0 Å². The second-order valence-corrected chi connectivity index (χ2v) is 6.71. The molecule has 0 spiro atoms. The minimum absolute atomic E-state index is 0.103. The van der Waals surface area contributed by atoms with Gasteiger partial charge in [-0.2, -0.15) is 0 Å². The molecule has 0 unspecified atom stereocenters. The van der Waals surface area contributed by atoms with Crippen molar-refractivity contribution in [1.82, 2.24) is 4.57 Å². The van der Waals surface area contributed by atoms with Crippen LogP contribution in [-0.2, 0) is 6.54 Å². The van der Waals surface area contributed by atoms with Gasteiger partial charge in [0, 0.05) is 33.7 Å². The molecule has 30 heavy (non-hydrogen) atoms. The van der Waals surface area contributed by atoms with Crippen molar-refractivity contribution < 1.29 is 27.8 Å². The van der Waals surface area contributed by atoms with E-state index >= 15 is 0 Å². The highest BCUT2D eigenvalue weighted by molar-refractivity contribution is 6.08. The lowest BCUT2D eigenvalue weighted by Crippen LogP contribution is -2.11. The maximum absolute atomic E-state index is 14.6. The highest BCUT2D eigenvalue weighted by Gasteiger charge is 2.26. The summed E-state index contributed by atoms with van der Waals surface area (Å²) in [5, 5.41) is 10.4. The molecule has 3 aromatic carbocycles. The van der Waals surface area contributed by atoms with E-state index < -0.39 is 23.4 Å². The van der Waals surface area contributed by atoms with Crippen LogP contribution in [0.15, 0.2) is 60.7 Å². The van der Waals surface area contributed by atoms with Gasteiger partial charge in [0.15, 0.2) is 0 Å². The Morgan fingerprint density at radius 2 is 1.77 bits per heavy atom. The van der Waals surface area contributed by atoms with E-state index in [4.69, 9.17) is 4.74 Å². The molecule has 0 amide bonds. The van der Waals surface area contributed by atoms with Crippen LogP contribution in [-0.4, -0.2) is 22.8 Å². The summed E-state index contributed by atoms with van der Waals surface area (Å²) >= 11 is 0. The first-order chi connectivity index (χ1) is 14.4. The van der Waals surface area contributed by atoms with Gasteiger partial charge in [0.25, 0.3) is 0 Å². The van der Waals surface area contributed by atoms with Gasteiger partial charge in [-0.1, -0.05) is 24.3 Å². The number of carboxylic acids is 1. The Bertz CT molecular complexity index is 1280. The molecule has 4 aromatic rings. The van der Waals surface area contributed by atoms with E-state index in [1.807, 2.05) is 0 Å². The number of halogens is 3. The number of methoxy groups -OCH3 is 1. The Kier molecular flexibility index (Phi) is 4.95. The quantitative estimate of drug-likeness (QED) is 0.473. The lowest BCUT2D eigenvalue weighted by Gasteiger charge is -2.11. The number of nitrogens with zero attached hydrogens (tertiary/aromatic N) is 1. The number of carboxylic acid groups (broad SMARTS) is 1. The van der Waals surface area contributed by atoms with Crippen molar-refractivity contribution in [3.05, 3.63) is 89.4 Å². The topological polar surface area (TPSA) is 51.5 Å². The molecule has 0 radical (unpaired) electrons. The number of hydrogen-bond donors (Lipinski definition) is 1. The number of ether oxygens (including phenoxy) is 1. The lowest BCUT2D eigenvalue weighted by molar-refractivity contribution is 0.0687. The molecule has 1 N–H and O–H groups in total. The van der Waals surface area contributed by atoms with Crippen LogP contribution in [0.1, 0.15) is 16.1 Å². The first-order valence-corrected chi connectivity index (χ1v) is 9.03. The normalized spacial score (nSPS) is 11.1. The van der Waals surface area contributed by atoms with E-state index in [2.05, 4.69) is 0 Å². The third kappa shape index (κ3) is 3.28. The van der Waals surface area contributed by atoms with Gasteiger partial charge in [-0.25, -0.2) is 18.0 Å². The first-order valence-electron chi connectivity index (χ1n) is 9.03. The van der Waals surface area contributed by atoms with E-state index in [1.165, 1.54) is 35.9 Å². The predicted molar refractivity (Wildman–Crippen MR) is 106 cm³/mol. The molecule has 7 heteroatoms. The molecule has 0 bridgehead atoms. The first kappa shape index (κ1) is 19.6. The molecule has 0 fully saturated rings. The Balaban J connectivity index is 2.06. The lowest BCUT2D eigenvalue weighted by atomic mass is 10.0. The maximum Gasteiger partial charge on any atom is 0.353 e. The highest BCUT2D eigenvalue weighted by atomic mass is 19.1. The minimum Gasteiger partial charge on any atom is -0.497 e. The molecule has 1 aromatic heterocycles. The van der Waals surface area contributed by atoms with Gasteiger partial charge in [0.2, 0.25) is 0 Å². The van der Waals surface area contributed by atoms with Gasteiger partial charge < -0.3 is 14.4 Å². The van der Waals surface area contributed by atoms with E-state index in [9.17, 15) is 23.1 Å². The predicted octanol–water partition coefficient (Wildman–Crippen LogP) is 5.48. The number of rotatable bonds is 5. The standard InChI is InChI=1S/C23H16F3NO3/c1-30-15-8-9-20-17(11-15)21(16-4-2-3-5-18(16)25)22(23(28)29)27(20)12-13-6-7-14(24)10-19(13)26/h2-11H,12H2,1H3,(H,28,29). The van der Waals surface area contributed by atoms with Crippen LogP contribution in [0.2, 0.25) is 0 Å². The van der Waals surface area contributed by atoms with Crippen molar-refractivity contribution in [2.45, 2.75) is 6.54 Å². The summed E-state index contributed by atoms with van der Waals surface area (Å²) in [6.07, 6.45) is 0. The molecule has 152 valence electrons. The third-order valence-electron chi connectivity index (χ3n) is 4.96. The summed E-state index contributed by atoms with van der Waals surface area (Å²) in [7, 11) is 1.47. The monoisotopic (exact) mass is 411 g/mol. The number of carbonyl (C=O) groups is 1. The SMILES string of the molecule is COc1ccc2c(c1)c(-c1ccccc1F)c(C(=O)O)n2Cc1ccc(F)cc1F. The zero-order valence-electron chi connectivity index (χ0n) is 15.8. The fraction of sp³-hybridized carbons (Fsp3) is 0.0870. The summed E-state index contributed by atoms with van der Waals surface area (Å²) in [4.78, 5) is 12.3. The summed E-state index contributed by atoms with van der Waals surface area (Å²) in [6.45, 7) is -0.176. The number of aromatic carboxylic acids is 1. The van der Waals surface area contributed by atoms with Crippen LogP contribution in [0.25, 0.3) is 22.0 Å². The molecule has 0 saturated carbocycles. The molecule has 0 atom stereocenters. The van der Waals surface area contributed by atoms with Crippen LogP contribution in [0.5, 0.6) is 5.75 Å². The molecule has 4 rings (SSSR count). The van der Waals surface area contributed by atoms with Crippen molar-refractivity contribution in [2.24, 2.45) is 0 Å². The molecular formula is C23H16F3NO3. The average molecular weight is 411 g/mol. The van der Waals surface area contributed by atoms with Crippen LogP contribution in [0.4, 0.5) is 13.2 Å². The van der Waals surface area contributed by atoms with E-state index in [0.29, 0.717) is 16.7 Å². The second-order valence-electron chi connectivity index (χ2n) is 6.71. The summed E-state index contributed by atoms with van der Waals surface area (Å²) in [6, 6.07) is 13.8. The van der Waals surface area contributed by atoms with Gasteiger partial charge in [-0.3, -0.25) is 0 Å². The zero-order chi connectivity index (χ0) is 21.4. The highest BCUT2D eigenvalue weighted by Crippen LogP contribution is 2.38. The summed E-state index contributed by atoms with van der Waals surface area (Å²) in [5.41, 5.74) is 0.623. The van der Waals surface area contributed by atoms with Crippen molar-refractivity contribution in [3.8, 4) is 16.9 Å². The van der Waals surface area contributed by atoms with Gasteiger partial charge in [0.05, 0.1) is 13.7 Å². The van der Waals surface area contributed by atoms with Crippen LogP contribution >= 0.6 is 0 Å². The molecular weight excluding hydrogens is 395 g/mol. The van der Waals surface area contributed by atoms with E-state index in [1.54, 1.807) is 24.3 Å². The molecule has 4 nitrogen and oxygen atoms in total. The van der Waals surface area contributed by atoms with Gasteiger partial charge in [-0.05, 0) is 30.3 Å². The van der Waals surface area contributed by atoms with Crippen molar-refractivity contribution >= 4 is 16.9 Å². The van der Waals surface area contributed by atoms with Crippen molar-refractivity contribution in [1.29, 1.82) is 0 Å². The zero-order valence-corrected chi connectivity index (χ0v) is 15.8. The van der Waals surface area contributed by atoms with Crippen LogP contribution < -0.4 is 4.74 Å². The van der Waals surface area contributed by atoms with Crippen LogP contribution in [0.3, 0.4) is 0 Å². The van der Waals surface area contributed by atoms with Gasteiger partial charge in [0.1, 0.15) is 28.9 Å². The largest absolute Gasteiger partial charge is 0.497 e. The number of benzene rings is 3. The molecule has 1 heterocycles. The second kappa shape index (κ2) is 7.59. The van der Waals surface area contributed by atoms with E-state index in [0.717, 1.165) is 12.1 Å². The number of fused-ring (bicyclic) bond motifs is 1. The molecule has 0 saturated heterocycles. The summed E-state index contributed by atoms with van der Waals surface area (Å²) in [5.74, 6) is -2.96. The Hall–Kier alpha value is -3.74.